The summed E-state index contributed by atoms with van der Waals surface area (Å²) >= 11 is 0. The highest BCUT2D eigenvalue weighted by molar-refractivity contribution is 5.48. The lowest BCUT2D eigenvalue weighted by Gasteiger charge is -2.32. The molecule has 1 aliphatic rings. The number of carbonyl (C=O) groups is 1. The van der Waals surface area contributed by atoms with E-state index in [0.29, 0.717) is 6.04 Å². The molecule has 1 aromatic rings. The van der Waals surface area contributed by atoms with E-state index in [1.165, 1.54) is 12.8 Å². The van der Waals surface area contributed by atoms with Gasteiger partial charge in [0.2, 0.25) is 6.41 Å². The van der Waals surface area contributed by atoms with Gasteiger partial charge in [-0.3, -0.25) is 4.79 Å². The topological polar surface area (TPSA) is 41.1 Å². The van der Waals surface area contributed by atoms with Gasteiger partial charge >= 0.3 is 0 Å². The first-order valence-electron chi connectivity index (χ1n) is 5.91. The minimum Gasteiger partial charge on any atom is -0.380 e. The van der Waals surface area contributed by atoms with Crippen LogP contribution in [0, 0.1) is 0 Å². The molecule has 16 heavy (non-hydrogen) atoms. The van der Waals surface area contributed by atoms with Gasteiger partial charge in [-0.2, -0.15) is 0 Å². The average molecular weight is 218 g/mol. The summed E-state index contributed by atoms with van der Waals surface area (Å²) < 4.78 is 0. The molecule has 2 rings (SSSR count). The molecule has 3 nitrogen and oxygen atoms in total. The van der Waals surface area contributed by atoms with Crippen molar-refractivity contribution in [2.45, 2.75) is 37.8 Å². The van der Waals surface area contributed by atoms with Crippen molar-refractivity contribution in [3.8, 4) is 0 Å². The monoisotopic (exact) mass is 218 g/mol. The van der Waals surface area contributed by atoms with Crippen molar-refractivity contribution in [3.63, 3.8) is 0 Å². The van der Waals surface area contributed by atoms with E-state index in [0.717, 1.165) is 24.9 Å². The van der Waals surface area contributed by atoms with Crippen molar-refractivity contribution in [2.24, 2.45) is 0 Å². The Bertz CT molecular complexity index is 326. The second-order valence-corrected chi connectivity index (χ2v) is 4.29. The summed E-state index contributed by atoms with van der Waals surface area (Å²) in [5, 5.41) is 6.41. The second-order valence-electron chi connectivity index (χ2n) is 4.29. The van der Waals surface area contributed by atoms with Gasteiger partial charge in [0.1, 0.15) is 0 Å². The molecule has 86 valence electrons. The van der Waals surface area contributed by atoms with Crippen molar-refractivity contribution >= 4 is 12.1 Å². The van der Waals surface area contributed by atoms with Gasteiger partial charge in [0, 0.05) is 17.8 Å². The molecular formula is C13H18N2O. The Labute approximate surface area is 96.2 Å². The van der Waals surface area contributed by atoms with Crippen molar-refractivity contribution in [3.05, 3.63) is 30.3 Å². The molecule has 1 saturated carbocycles. The largest absolute Gasteiger partial charge is 0.380 e. The fraction of sp³-hybridized carbons (Fsp3) is 0.462. The van der Waals surface area contributed by atoms with Crippen molar-refractivity contribution in [2.75, 3.05) is 5.32 Å². The predicted octanol–water partition coefficient (Wildman–Crippen LogP) is 2.16. The molecule has 3 heteroatoms. The molecule has 0 spiro atoms. The number of benzene rings is 1. The summed E-state index contributed by atoms with van der Waals surface area (Å²) in [5.41, 5.74) is 1.13. The van der Waals surface area contributed by atoms with E-state index in [-0.39, 0.29) is 6.04 Å². The van der Waals surface area contributed by atoms with Gasteiger partial charge in [-0.25, -0.2) is 0 Å². The third-order valence-electron chi connectivity index (χ3n) is 3.17. The van der Waals surface area contributed by atoms with Gasteiger partial charge in [-0.1, -0.05) is 31.0 Å². The number of amides is 1. The first kappa shape index (κ1) is 11.0. The molecular weight excluding hydrogens is 200 g/mol. The molecule has 0 saturated heterocycles. The first-order valence-corrected chi connectivity index (χ1v) is 5.91. The van der Waals surface area contributed by atoms with E-state index in [9.17, 15) is 4.79 Å². The van der Waals surface area contributed by atoms with Crippen LogP contribution >= 0.6 is 0 Å². The quantitative estimate of drug-likeness (QED) is 0.760. The Morgan fingerprint density at radius 3 is 2.44 bits per heavy atom. The van der Waals surface area contributed by atoms with Gasteiger partial charge in [-0.15, -0.1) is 0 Å². The fourth-order valence-electron chi connectivity index (χ4n) is 2.34. The van der Waals surface area contributed by atoms with Crippen LogP contribution in [0.15, 0.2) is 30.3 Å². The average Bonchev–Trinajstić information content (AvgIpc) is 2.33. The van der Waals surface area contributed by atoms with Crippen molar-refractivity contribution in [1.29, 1.82) is 0 Å². The second kappa shape index (κ2) is 5.54. The summed E-state index contributed by atoms with van der Waals surface area (Å²) in [6.07, 6.45) is 5.46. The van der Waals surface area contributed by atoms with Crippen LogP contribution in [0.1, 0.15) is 25.7 Å². The number of hydrogen-bond donors (Lipinski definition) is 2. The van der Waals surface area contributed by atoms with Crippen LogP contribution in [0.3, 0.4) is 0 Å². The van der Waals surface area contributed by atoms with Gasteiger partial charge in [0.25, 0.3) is 0 Å². The lowest BCUT2D eigenvalue weighted by atomic mass is 9.90. The molecule has 1 aliphatic carbocycles. The van der Waals surface area contributed by atoms with Gasteiger partial charge in [0.05, 0.1) is 0 Å². The van der Waals surface area contributed by atoms with Crippen LogP contribution in [-0.2, 0) is 4.79 Å². The van der Waals surface area contributed by atoms with E-state index >= 15 is 0 Å². The number of rotatable bonds is 4. The maximum Gasteiger partial charge on any atom is 0.207 e. The molecule has 0 radical (unpaired) electrons. The van der Waals surface area contributed by atoms with Crippen LogP contribution < -0.4 is 10.6 Å². The first-order chi connectivity index (χ1) is 7.90. The number of hydrogen-bond acceptors (Lipinski definition) is 2. The lowest BCUT2D eigenvalue weighted by molar-refractivity contribution is -0.110. The third-order valence-corrected chi connectivity index (χ3v) is 3.17. The Balaban J connectivity index is 1.98. The Morgan fingerprint density at radius 1 is 1.06 bits per heavy atom. The number of anilines is 1. The normalized spacial score (nSPS) is 24.8. The summed E-state index contributed by atoms with van der Waals surface area (Å²) in [6, 6.07) is 10.8. The Hall–Kier alpha value is -1.51. The van der Waals surface area contributed by atoms with E-state index < -0.39 is 0 Å². The number of para-hydroxylation sites is 1. The molecule has 0 aromatic heterocycles. The standard InChI is InChI=1S/C13H18N2O/c16-10-14-12-8-4-5-9-13(12)15-11-6-2-1-3-7-11/h1-3,6-7,10,12-13,15H,4-5,8-9H2,(H,14,16)/t12-,13-/m1/s1. The van der Waals surface area contributed by atoms with Gasteiger partial charge < -0.3 is 10.6 Å². The van der Waals surface area contributed by atoms with E-state index in [1.54, 1.807) is 0 Å². The summed E-state index contributed by atoms with van der Waals surface area (Å²) in [5.74, 6) is 0. The molecule has 1 aromatic carbocycles. The predicted molar refractivity (Wildman–Crippen MR) is 65.3 cm³/mol. The SMILES string of the molecule is O=CN[C@@H]1CCCC[C@H]1Nc1ccccc1. The highest BCUT2D eigenvalue weighted by atomic mass is 16.1. The maximum atomic E-state index is 10.5. The van der Waals surface area contributed by atoms with E-state index in [2.05, 4.69) is 22.8 Å². The van der Waals surface area contributed by atoms with Gasteiger partial charge in [0.15, 0.2) is 0 Å². The Kier molecular flexibility index (Phi) is 3.81. The van der Waals surface area contributed by atoms with Crippen LogP contribution in [0.4, 0.5) is 5.69 Å². The summed E-state index contributed by atoms with van der Waals surface area (Å²) in [6.45, 7) is 0. The number of nitrogens with one attached hydrogen (secondary N) is 2. The molecule has 0 heterocycles. The minimum atomic E-state index is 0.270. The molecule has 0 bridgehead atoms. The molecule has 0 unspecified atom stereocenters. The fourth-order valence-corrected chi connectivity index (χ4v) is 2.34. The summed E-state index contributed by atoms with van der Waals surface area (Å²) in [4.78, 5) is 10.5. The van der Waals surface area contributed by atoms with Crippen molar-refractivity contribution < 1.29 is 4.79 Å². The van der Waals surface area contributed by atoms with Crippen LogP contribution in [-0.4, -0.2) is 18.5 Å². The van der Waals surface area contributed by atoms with Crippen LogP contribution in [0.2, 0.25) is 0 Å². The van der Waals surface area contributed by atoms with Crippen LogP contribution in [0.5, 0.6) is 0 Å². The van der Waals surface area contributed by atoms with Crippen LogP contribution in [0.25, 0.3) is 0 Å². The number of carbonyl (C=O) groups excluding carboxylic acids is 1. The Morgan fingerprint density at radius 2 is 1.75 bits per heavy atom. The molecule has 2 atom stereocenters. The maximum absolute atomic E-state index is 10.5. The molecule has 1 fully saturated rings. The highest BCUT2D eigenvalue weighted by Gasteiger charge is 2.24. The van der Waals surface area contributed by atoms with E-state index in [4.69, 9.17) is 0 Å². The van der Waals surface area contributed by atoms with Crippen molar-refractivity contribution in [1.82, 2.24) is 5.32 Å². The zero-order valence-electron chi connectivity index (χ0n) is 9.36. The molecule has 2 N–H and O–H groups in total. The van der Waals surface area contributed by atoms with Gasteiger partial charge in [-0.05, 0) is 25.0 Å². The van der Waals surface area contributed by atoms with E-state index in [1.807, 2.05) is 18.2 Å². The summed E-state index contributed by atoms with van der Waals surface area (Å²) in [7, 11) is 0. The zero-order valence-corrected chi connectivity index (χ0v) is 9.36. The molecule has 1 amide bonds. The third kappa shape index (κ3) is 2.75. The minimum absolute atomic E-state index is 0.270. The molecule has 0 aliphatic heterocycles. The lowest BCUT2D eigenvalue weighted by Crippen LogP contribution is -2.45. The highest BCUT2D eigenvalue weighted by Crippen LogP contribution is 2.21. The zero-order chi connectivity index (χ0) is 11.2. The smallest absolute Gasteiger partial charge is 0.207 e.